The molecule has 0 fully saturated rings. The molecule has 0 aliphatic heterocycles. The van der Waals surface area contributed by atoms with E-state index in [1.165, 1.54) is 11.8 Å². The van der Waals surface area contributed by atoms with Crippen molar-refractivity contribution in [1.29, 1.82) is 0 Å². The summed E-state index contributed by atoms with van der Waals surface area (Å²) in [5.74, 6) is 0.582. The third-order valence-electron chi connectivity index (χ3n) is 3.58. The zero-order chi connectivity index (χ0) is 18.5. The van der Waals surface area contributed by atoms with E-state index in [0.29, 0.717) is 27.7 Å². The second kappa shape index (κ2) is 8.58. The third kappa shape index (κ3) is 4.78. The summed E-state index contributed by atoms with van der Waals surface area (Å²) in [5.41, 5.74) is 1.75. The van der Waals surface area contributed by atoms with Crippen molar-refractivity contribution in [3.05, 3.63) is 64.1 Å². The van der Waals surface area contributed by atoms with E-state index in [9.17, 15) is 4.79 Å². The molecule has 2 aromatic carbocycles. The second-order valence-electron chi connectivity index (χ2n) is 5.53. The van der Waals surface area contributed by atoms with Gasteiger partial charge in [-0.15, -0.1) is 10.2 Å². The summed E-state index contributed by atoms with van der Waals surface area (Å²) in [6, 6.07) is 14.8. The van der Waals surface area contributed by atoms with Crippen molar-refractivity contribution >= 4 is 40.9 Å². The lowest BCUT2D eigenvalue weighted by Crippen LogP contribution is -2.27. The highest BCUT2D eigenvalue weighted by atomic mass is 35.5. The van der Waals surface area contributed by atoms with E-state index >= 15 is 0 Å². The molecule has 1 heterocycles. The molecule has 0 spiro atoms. The summed E-state index contributed by atoms with van der Waals surface area (Å²) in [5, 5.41) is 9.30. The van der Waals surface area contributed by atoms with Gasteiger partial charge in [0.1, 0.15) is 0 Å². The molecule has 26 heavy (non-hydrogen) atoms. The van der Waals surface area contributed by atoms with Gasteiger partial charge in [0.2, 0.25) is 11.8 Å². The molecule has 5 nitrogen and oxygen atoms in total. The maximum Gasteiger partial charge on any atom is 0.277 e. The number of aromatic nitrogens is 2. The van der Waals surface area contributed by atoms with Crippen molar-refractivity contribution in [1.82, 2.24) is 15.1 Å². The number of benzene rings is 2. The van der Waals surface area contributed by atoms with Crippen LogP contribution >= 0.6 is 35.0 Å². The Balaban J connectivity index is 1.55. The molecule has 0 N–H and O–H groups in total. The normalized spacial score (nSPS) is 10.7. The molecule has 1 amide bonds. The molecule has 0 radical (unpaired) electrons. The maximum absolute atomic E-state index is 12.3. The van der Waals surface area contributed by atoms with Crippen molar-refractivity contribution in [2.75, 3.05) is 12.8 Å². The number of hydrogen-bond acceptors (Lipinski definition) is 5. The topological polar surface area (TPSA) is 59.2 Å². The average molecular weight is 408 g/mol. The Labute approximate surface area is 165 Å². The Morgan fingerprint density at radius 1 is 1.12 bits per heavy atom. The Morgan fingerprint density at radius 3 is 2.62 bits per heavy atom. The minimum atomic E-state index is -0.0551. The number of nitrogens with zero attached hydrogens (tertiary/aromatic N) is 3. The van der Waals surface area contributed by atoms with Gasteiger partial charge in [0.05, 0.1) is 15.8 Å². The first-order valence-electron chi connectivity index (χ1n) is 7.72. The molecule has 0 saturated carbocycles. The van der Waals surface area contributed by atoms with E-state index in [-0.39, 0.29) is 11.7 Å². The van der Waals surface area contributed by atoms with Gasteiger partial charge in [0, 0.05) is 19.2 Å². The van der Waals surface area contributed by atoms with Crippen LogP contribution in [0.1, 0.15) is 5.56 Å². The predicted octanol–water partition coefficient (Wildman–Crippen LogP) is 4.79. The average Bonchev–Trinajstić information content (AvgIpc) is 3.12. The van der Waals surface area contributed by atoms with Gasteiger partial charge < -0.3 is 9.32 Å². The number of carbonyl (C=O) groups excluding carboxylic acids is 1. The Hall–Kier alpha value is -2.02. The third-order valence-corrected chi connectivity index (χ3v) is 5.12. The summed E-state index contributed by atoms with van der Waals surface area (Å²) in [6.45, 7) is 0.440. The van der Waals surface area contributed by atoms with Crippen LogP contribution in [0, 0.1) is 0 Å². The van der Waals surface area contributed by atoms with Crippen molar-refractivity contribution < 1.29 is 9.21 Å². The van der Waals surface area contributed by atoms with Gasteiger partial charge in [-0.2, -0.15) is 0 Å². The Kier molecular flexibility index (Phi) is 6.19. The first-order chi connectivity index (χ1) is 12.5. The van der Waals surface area contributed by atoms with Gasteiger partial charge in [-0.1, -0.05) is 59.2 Å². The van der Waals surface area contributed by atoms with E-state index < -0.39 is 0 Å². The van der Waals surface area contributed by atoms with E-state index in [0.717, 1.165) is 11.1 Å². The first-order valence-corrected chi connectivity index (χ1v) is 9.46. The Morgan fingerprint density at radius 2 is 1.88 bits per heavy atom. The van der Waals surface area contributed by atoms with Crippen LogP contribution in [0.4, 0.5) is 0 Å². The maximum atomic E-state index is 12.3. The van der Waals surface area contributed by atoms with Gasteiger partial charge in [-0.3, -0.25) is 4.79 Å². The molecule has 0 atom stereocenters. The lowest BCUT2D eigenvalue weighted by Gasteiger charge is -2.17. The number of thioether (sulfide) groups is 1. The van der Waals surface area contributed by atoms with Gasteiger partial charge in [0.25, 0.3) is 5.22 Å². The van der Waals surface area contributed by atoms with Crippen LogP contribution in [0.15, 0.2) is 58.2 Å². The highest BCUT2D eigenvalue weighted by Gasteiger charge is 2.14. The quantitative estimate of drug-likeness (QED) is 0.549. The van der Waals surface area contributed by atoms with Gasteiger partial charge in [-0.05, 0) is 29.8 Å². The summed E-state index contributed by atoms with van der Waals surface area (Å²) in [7, 11) is 1.73. The number of halogens is 2. The van der Waals surface area contributed by atoms with Gasteiger partial charge in [-0.25, -0.2) is 0 Å². The van der Waals surface area contributed by atoms with Crippen molar-refractivity contribution in [3.8, 4) is 11.5 Å². The standard InChI is InChI=1S/C18H15Cl2N3O2S/c1-23(10-12-7-8-14(19)15(20)9-12)16(24)11-26-18-22-21-17(25-18)13-5-3-2-4-6-13/h2-9H,10-11H2,1H3. The highest BCUT2D eigenvalue weighted by molar-refractivity contribution is 7.99. The first kappa shape index (κ1) is 18.8. The summed E-state index contributed by atoms with van der Waals surface area (Å²) in [4.78, 5) is 13.9. The van der Waals surface area contributed by atoms with E-state index in [1.54, 1.807) is 24.1 Å². The molecule has 0 aliphatic rings. The number of amides is 1. The molecule has 0 unspecified atom stereocenters. The van der Waals surface area contributed by atoms with Crippen molar-refractivity contribution in [2.24, 2.45) is 0 Å². The minimum Gasteiger partial charge on any atom is -0.411 e. The predicted molar refractivity (Wildman–Crippen MR) is 103 cm³/mol. The fraction of sp³-hybridized carbons (Fsp3) is 0.167. The largest absolute Gasteiger partial charge is 0.411 e. The summed E-state index contributed by atoms with van der Waals surface area (Å²) in [6.07, 6.45) is 0. The van der Waals surface area contributed by atoms with Gasteiger partial charge >= 0.3 is 0 Å². The van der Waals surface area contributed by atoms with Gasteiger partial charge in [0.15, 0.2) is 0 Å². The highest BCUT2D eigenvalue weighted by Crippen LogP contribution is 2.24. The molecule has 0 saturated heterocycles. The molecule has 3 aromatic rings. The summed E-state index contributed by atoms with van der Waals surface area (Å²) >= 11 is 13.1. The lowest BCUT2D eigenvalue weighted by atomic mass is 10.2. The zero-order valence-corrected chi connectivity index (χ0v) is 16.2. The minimum absolute atomic E-state index is 0.0551. The van der Waals surface area contributed by atoms with E-state index in [1.807, 2.05) is 36.4 Å². The fourth-order valence-corrected chi connectivity index (χ4v) is 3.22. The zero-order valence-electron chi connectivity index (χ0n) is 13.9. The lowest BCUT2D eigenvalue weighted by molar-refractivity contribution is -0.127. The van der Waals surface area contributed by atoms with Crippen molar-refractivity contribution in [3.63, 3.8) is 0 Å². The number of hydrogen-bond donors (Lipinski definition) is 0. The molecule has 0 bridgehead atoms. The van der Waals surface area contributed by atoms with Crippen LogP contribution in [0.5, 0.6) is 0 Å². The molecular weight excluding hydrogens is 393 g/mol. The second-order valence-corrected chi connectivity index (χ2v) is 7.27. The van der Waals surface area contributed by atoms with Crippen LogP contribution in [-0.2, 0) is 11.3 Å². The van der Waals surface area contributed by atoms with Crippen LogP contribution < -0.4 is 0 Å². The van der Waals surface area contributed by atoms with Crippen LogP contribution in [0.3, 0.4) is 0 Å². The van der Waals surface area contributed by atoms with E-state index in [4.69, 9.17) is 27.6 Å². The molecule has 134 valence electrons. The Bertz CT molecular complexity index is 902. The van der Waals surface area contributed by atoms with Crippen LogP contribution in [0.25, 0.3) is 11.5 Å². The monoisotopic (exact) mass is 407 g/mol. The van der Waals surface area contributed by atoms with Crippen LogP contribution in [0.2, 0.25) is 10.0 Å². The molecule has 0 aliphatic carbocycles. The fourth-order valence-electron chi connectivity index (χ4n) is 2.20. The smallest absolute Gasteiger partial charge is 0.277 e. The van der Waals surface area contributed by atoms with Crippen LogP contribution in [-0.4, -0.2) is 33.8 Å². The summed E-state index contributed by atoms with van der Waals surface area (Å²) < 4.78 is 5.58. The molecular formula is C18H15Cl2N3O2S. The molecule has 1 aromatic heterocycles. The molecule has 8 heteroatoms. The molecule has 3 rings (SSSR count). The number of carbonyl (C=O) groups is 1. The van der Waals surface area contributed by atoms with Crippen molar-refractivity contribution in [2.45, 2.75) is 11.8 Å². The SMILES string of the molecule is CN(Cc1ccc(Cl)c(Cl)c1)C(=O)CSc1nnc(-c2ccccc2)o1. The number of rotatable bonds is 6. The van der Waals surface area contributed by atoms with E-state index in [2.05, 4.69) is 10.2 Å².